The molecular formula is C11H15N. The number of allylic oxidation sites excluding steroid dienone is 1. The highest BCUT2D eigenvalue weighted by molar-refractivity contribution is 5.67. The lowest BCUT2D eigenvalue weighted by atomic mass is 10.1. The average molecular weight is 161 g/mol. The maximum absolute atomic E-state index is 3.16. The lowest BCUT2D eigenvalue weighted by molar-refractivity contribution is 1.41. The molecule has 0 aromatic heterocycles. The molecule has 0 radical (unpaired) electrons. The first-order valence-corrected chi connectivity index (χ1v) is 4.15. The minimum atomic E-state index is 1.18. The maximum Gasteiger partial charge on any atom is 0.0411 e. The number of benzene rings is 1. The highest BCUT2D eigenvalue weighted by Crippen LogP contribution is 2.17. The zero-order chi connectivity index (χ0) is 8.97. The first kappa shape index (κ1) is 8.85. The fraction of sp³-hybridized carbons (Fsp3) is 0.273. The van der Waals surface area contributed by atoms with Gasteiger partial charge in [0.05, 0.1) is 0 Å². The van der Waals surface area contributed by atoms with Gasteiger partial charge in [-0.25, -0.2) is 0 Å². The van der Waals surface area contributed by atoms with E-state index < -0.39 is 0 Å². The zero-order valence-corrected chi connectivity index (χ0v) is 7.89. The van der Waals surface area contributed by atoms with Crippen LogP contribution < -0.4 is 5.32 Å². The first-order valence-electron chi connectivity index (χ1n) is 4.15. The van der Waals surface area contributed by atoms with Crippen LogP contribution in [0.5, 0.6) is 0 Å². The van der Waals surface area contributed by atoms with E-state index in [0.717, 1.165) is 0 Å². The number of para-hydroxylation sites is 1. The van der Waals surface area contributed by atoms with Gasteiger partial charge in [-0.2, -0.15) is 0 Å². The van der Waals surface area contributed by atoms with E-state index in [1.165, 1.54) is 16.8 Å². The predicted molar refractivity (Wildman–Crippen MR) is 55.3 cm³/mol. The molecule has 0 aliphatic carbocycles. The molecule has 0 spiro atoms. The summed E-state index contributed by atoms with van der Waals surface area (Å²) in [7, 11) is 1.94. The molecule has 0 atom stereocenters. The van der Waals surface area contributed by atoms with Gasteiger partial charge in [0.1, 0.15) is 0 Å². The predicted octanol–water partition coefficient (Wildman–Crippen LogP) is 3.15. The Bertz CT molecular complexity index is 283. The van der Waals surface area contributed by atoms with Crippen LogP contribution in [-0.2, 0) is 0 Å². The third-order valence-electron chi connectivity index (χ3n) is 1.67. The molecule has 0 saturated heterocycles. The molecule has 1 aromatic rings. The molecule has 1 rings (SSSR count). The van der Waals surface area contributed by atoms with E-state index in [1.807, 2.05) is 13.1 Å². The smallest absolute Gasteiger partial charge is 0.0411 e. The molecule has 1 heteroatoms. The minimum absolute atomic E-state index is 1.18. The van der Waals surface area contributed by atoms with Crippen LogP contribution >= 0.6 is 0 Å². The number of hydrogen-bond acceptors (Lipinski definition) is 1. The SMILES string of the molecule is CNc1ccccc1C=C(C)C. The lowest BCUT2D eigenvalue weighted by Crippen LogP contribution is -1.90. The van der Waals surface area contributed by atoms with Gasteiger partial charge in [-0.3, -0.25) is 0 Å². The largest absolute Gasteiger partial charge is 0.388 e. The van der Waals surface area contributed by atoms with E-state index in [4.69, 9.17) is 0 Å². The molecule has 0 aliphatic rings. The van der Waals surface area contributed by atoms with Crippen LogP contribution in [0.4, 0.5) is 5.69 Å². The Hall–Kier alpha value is -1.24. The van der Waals surface area contributed by atoms with Crippen LogP contribution in [0.2, 0.25) is 0 Å². The van der Waals surface area contributed by atoms with Crippen LogP contribution in [0.3, 0.4) is 0 Å². The quantitative estimate of drug-likeness (QED) is 0.702. The van der Waals surface area contributed by atoms with E-state index >= 15 is 0 Å². The zero-order valence-electron chi connectivity index (χ0n) is 7.89. The molecule has 1 aromatic carbocycles. The van der Waals surface area contributed by atoms with Crippen LogP contribution in [0.15, 0.2) is 29.8 Å². The van der Waals surface area contributed by atoms with E-state index in [0.29, 0.717) is 0 Å². The molecular weight excluding hydrogens is 146 g/mol. The van der Waals surface area contributed by atoms with E-state index in [9.17, 15) is 0 Å². The highest BCUT2D eigenvalue weighted by atomic mass is 14.8. The van der Waals surface area contributed by atoms with Gasteiger partial charge in [0.25, 0.3) is 0 Å². The molecule has 0 unspecified atom stereocenters. The third-order valence-corrected chi connectivity index (χ3v) is 1.67. The average Bonchev–Trinajstić information content (AvgIpc) is 2.04. The third kappa shape index (κ3) is 2.12. The summed E-state index contributed by atoms with van der Waals surface area (Å²) in [5, 5.41) is 3.16. The Kier molecular flexibility index (Phi) is 2.92. The topological polar surface area (TPSA) is 12.0 Å². The van der Waals surface area contributed by atoms with Crippen molar-refractivity contribution in [2.75, 3.05) is 12.4 Å². The van der Waals surface area contributed by atoms with Gasteiger partial charge in [-0.05, 0) is 25.5 Å². The molecule has 1 nitrogen and oxygen atoms in total. The monoisotopic (exact) mass is 161 g/mol. The fourth-order valence-corrected chi connectivity index (χ4v) is 1.16. The Morgan fingerprint density at radius 1 is 1.25 bits per heavy atom. The fourth-order valence-electron chi connectivity index (χ4n) is 1.16. The summed E-state index contributed by atoms with van der Waals surface area (Å²) in [4.78, 5) is 0. The van der Waals surface area contributed by atoms with Crippen molar-refractivity contribution in [1.29, 1.82) is 0 Å². The van der Waals surface area contributed by atoms with Crippen molar-refractivity contribution in [3.8, 4) is 0 Å². The summed E-state index contributed by atoms with van der Waals surface area (Å²) in [6.45, 7) is 4.21. The van der Waals surface area contributed by atoms with Gasteiger partial charge in [-0.15, -0.1) is 0 Å². The Morgan fingerprint density at radius 3 is 2.50 bits per heavy atom. The van der Waals surface area contributed by atoms with Gasteiger partial charge in [0, 0.05) is 12.7 Å². The van der Waals surface area contributed by atoms with Crippen molar-refractivity contribution in [1.82, 2.24) is 0 Å². The number of hydrogen-bond donors (Lipinski definition) is 1. The van der Waals surface area contributed by atoms with Crippen LogP contribution in [0, 0.1) is 0 Å². The summed E-state index contributed by atoms with van der Waals surface area (Å²) in [6, 6.07) is 8.28. The molecule has 0 bridgehead atoms. The van der Waals surface area contributed by atoms with Crippen molar-refractivity contribution in [3.63, 3.8) is 0 Å². The molecule has 1 N–H and O–H groups in total. The molecule has 64 valence electrons. The van der Waals surface area contributed by atoms with Crippen molar-refractivity contribution in [2.45, 2.75) is 13.8 Å². The number of anilines is 1. The van der Waals surface area contributed by atoms with Crippen molar-refractivity contribution in [3.05, 3.63) is 35.4 Å². The van der Waals surface area contributed by atoms with Crippen molar-refractivity contribution in [2.24, 2.45) is 0 Å². The normalized spacial score (nSPS) is 9.25. The van der Waals surface area contributed by atoms with Crippen LogP contribution in [0.1, 0.15) is 19.4 Å². The van der Waals surface area contributed by atoms with Gasteiger partial charge < -0.3 is 5.32 Å². The summed E-state index contributed by atoms with van der Waals surface area (Å²) < 4.78 is 0. The molecule has 0 saturated carbocycles. The van der Waals surface area contributed by atoms with Gasteiger partial charge in [0.15, 0.2) is 0 Å². The second kappa shape index (κ2) is 3.96. The van der Waals surface area contributed by atoms with Crippen LogP contribution in [-0.4, -0.2) is 7.05 Å². The number of rotatable bonds is 2. The van der Waals surface area contributed by atoms with Gasteiger partial charge in [0.2, 0.25) is 0 Å². The van der Waals surface area contributed by atoms with Gasteiger partial charge >= 0.3 is 0 Å². The second-order valence-electron chi connectivity index (χ2n) is 3.06. The van der Waals surface area contributed by atoms with Crippen molar-refractivity contribution >= 4 is 11.8 Å². The Balaban J connectivity index is 3.05. The summed E-state index contributed by atoms with van der Waals surface area (Å²) >= 11 is 0. The van der Waals surface area contributed by atoms with E-state index in [-0.39, 0.29) is 0 Å². The maximum atomic E-state index is 3.16. The molecule has 0 heterocycles. The molecule has 0 aliphatic heterocycles. The summed E-state index contributed by atoms with van der Waals surface area (Å²) in [5.74, 6) is 0. The van der Waals surface area contributed by atoms with E-state index in [1.54, 1.807) is 0 Å². The molecule has 0 amide bonds. The van der Waals surface area contributed by atoms with Crippen LogP contribution in [0.25, 0.3) is 6.08 Å². The molecule has 0 fully saturated rings. The standard InChI is InChI=1S/C11H15N/c1-9(2)8-10-6-4-5-7-11(10)12-3/h4-8,12H,1-3H3. The summed E-state index contributed by atoms with van der Waals surface area (Å²) in [5.41, 5.74) is 3.75. The van der Waals surface area contributed by atoms with E-state index in [2.05, 4.69) is 43.4 Å². The molecule has 12 heavy (non-hydrogen) atoms. The first-order chi connectivity index (χ1) is 5.74. The second-order valence-corrected chi connectivity index (χ2v) is 3.06. The van der Waals surface area contributed by atoms with Crippen molar-refractivity contribution < 1.29 is 0 Å². The Morgan fingerprint density at radius 2 is 1.92 bits per heavy atom. The summed E-state index contributed by atoms with van der Waals surface area (Å²) in [6.07, 6.45) is 2.17. The van der Waals surface area contributed by atoms with Gasteiger partial charge in [-0.1, -0.05) is 29.8 Å². The number of nitrogens with one attached hydrogen (secondary N) is 1. The Labute approximate surface area is 74.1 Å². The highest BCUT2D eigenvalue weighted by Gasteiger charge is 1.93. The lowest BCUT2D eigenvalue weighted by Gasteiger charge is -2.04. The minimum Gasteiger partial charge on any atom is -0.388 e.